The summed E-state index contributed by atoms with van der Waals surface area (Å²) in [7, 11) is 0. The Morgan fingerprint density at radius 3 is 2.96 bits per heavy atom. The molecule has 0 unspecified atom stereocenters. The number of hydrogen-bond donors (Lipinski definition) is 1. The molecule has 0 fully saturated rings. The number of aromatic nitrogens is 3. The monoisotopic (exact) mass is 380 g/mol. The van der Waals surface area contributed by atoms with Crippen molar-refractivity contribution < 1.29 is 4.42 Å². The van der Waals surface area contributed by atoms with Gasteiger partial charge in [0.1, 0.15) is 5.76 Å². The van der Waals surface area contributed by atoms with Gasteiger partial charge in [-0.3, -0.25) is 14.8 Å². The second kappa shape index (κ2) is 6.21. The van der Waals surface area contributed by atoms with Gasteiger partial charge in [-0.15, -0.1) is 11.3 Å². The summed E-state index contributed by atoms with van der Waals surface area (Å²) in [5.41, 5.74) is 5.50. The maximum atomic E-state index is 13.1. The summed E-state index contributed by atoms with van der Waals surface area (Å²) >= 11 is 1.78. The standard InChI is InChI=1S/C20H20N4O2S/c1-12-5-8-27-18(12)11-23-6-3-16-15(10-23)20(25)24-19(21-16)9-17(22-24)14-4-7-26-13(14)2/h4-5,7-9,22H,3,6,10-11H2,1-2H3. The normalized spacial score (nSPS) is 14.7. The molecule has 0 atom stereocenters. The van der Waals surface area contributed by atoms with Crippen molar-refractivity contribution in [3.63, 3.8) is 0 Å². The van der Waals surface area contributed by atoms with Crippen molar-refractivity contribution >= 4 is 17.0 Å². The molecule has 0 saturated heterocycles. The molecule has 5 rings (SSSR count). The number of hydrogen-bond acceptors (Lipinski definition) is 5. The van der Waals surface area contributed by atoms with Crippen LogP contribution in [0.1, 0.15) is 27.5 Å². The first kappa shape index (κ1) is 16.5. The molecule has 5 heterocycles. The molecule has 0 amide bonds. The van der Waals surface area contributed by atoms with Gasteiger partial charge < -0.3 is 4.42 Å². The Morgan fingerprint density at radius 1 is 1.33 bits per heavy atom. The Morgan fingerprint density at radius 2 is 2.22 bits per heavy atom. The zero-order valence-electron chi connectivity index (χ0n) is 15.3. The zero-order chi connectivity index (χ0) is 18.5. The largest absolute Gasteiger partial charge is 0.469 e. The van der Waals surface area contributed by atoms with Gasteiger partial charge in [0, 0.05) is 42.6 Å². The Kier molecular flexibility index (Phi) is 3.80. The number of thiophene rings is 1. The fraction of sp³-hybridized carbons (Fsp3) is 0.300. The summed E-state index contributed by atoms with van der Waals surface area (Å²) in [6.07, 6.45) is 2.46. The molecule has 0 radical (unpaired) electrons. The molecule has 4 aromatic rings. The highest BCUT2D eigenvalue weighted by atomic mass is 32.1. The summed E-state index contributed by atoms with van der Waals surface area (Å²) in [5, 5.41) is 5.32. The lowest BCUT2D eigenvalue weighted by Crippen LogP contribution is -2.36. The number of aromatic amines is 1. The number of nitrogens with zero attached hydrogens (tertiary/aromatic N) is 3. The van der Waals surface area contributed by atoms with Crippen LogP contribution in [0.2, 0.25) is 0 Å². The summed E-state index contributed by atoms with van der Waals surface area (Å²) < 4.78 is 6.94. The van der Waals surface area contributed by atoms with Gasteiger partial charge in [0.05, 0.1) is 23.2 Å². The van der Waals surface area contributed by atoms with Crippen LogP contribution in [0.3, 0.4) is 0 Å². The van der Waals surface area contributed by atoms with E-state index in [2.05, 4.69) is 28.4 Å². The maximum Gasteiger partial charge on any atom is 0.277 e. The Balaban J connectivity index is 1.52. The average Bonchev–Trinajstić information content (AvgIpc) is 3.36. The minimum Gasteiger partial charge on any atom is -0.469 e. The van der Waals surface area contributed by atoms with Gasteiger partial charge in [-0.25, -0.2) is 9.50 Å². The van der Waals surface area contributed by atoms with E-state index in [-0.39, 0.29) is 5.56 Å². The maximum absolute atomic E-state index is 13.1. The van der Waals surface area contributed by atoms with Gasteiger partial charge in [-0.1, -0.05) is 0 Å². The topological polar surface area (TPSA) is 66.5 Å². The van der Waals surface area contributed by atoms with E-state index in [1.165, 1.54) is 10.4 Å². The first-order chi connectivity index (χ1) is 13.1. The van der Waals surface area contributed by atoms with Crippen LogP contribution in [0.15, 0.2) is 39.1 Å². The van der Waals surface area contributed by atoms with Gasteiger partial charge in [-0.2, -0.15) is 0 Å². The molecular weight excluding hydrogens is 360 g/mol. The van der Waals surface area contributed by atoms with Crippen LogP contribution in [-0.4, -0.2) is 26.0 Å². The molecular formula is C20H20N4O2S. The van der Waals surface area contributed by atoms with Crippen molar-refractivity contribution in [2.45, 2.75) is 33.4 Å². The molecule has 0 spiro atoms. The van der Waals surface area contributed by atoms with Crippen molar-refractivity contribution in [2.24, 2.45) is 0 Å². The number of aryl methyl sites for hydroxylation is 2. The van der Waals surface area contributed by atoms with Crippen molar-refractivity contribution in [3.8, 4) is 11.3 Å². The summed E-state index contributed by atoms with van der Waals surface area (Å²) in [5.74, 6) is 0.817. The minimum atomic E-state index is -0.00463. The van der Waals surface area contributed by atoms with E-state index in [0.717, 1.165) is 47.8 Å². The van der Waals surface area contributed by atoms with Gasteiger partial charge in [0.2, 0.25) is 0 Å². The average molecular weight is 380 g/mol. The molecule has 1 aliphatic heterocycles. The SMILES string of the molecule is Cc1ccsc1CN1CCc2nc3cc(-c4ccoc4C)[nH]n3c(=O)c2C1. The minimum absolute atomic E-state index is 0.00463. The third kappa shape index (κ3) is 2.74. The predicted molar refractivity (Wildman–Crippen MR) is 105 cm³/mol. The second-order valence-electron chi connectivity index (χ2n) is 7.08. The molecule has 4 aromatic heterocycles. The van der Waals surface area contributed by atoms with Gasteiger partial charge >= 0.3 is 0 Å². The van der Waals surface area contributed by atoms with Crippen molar-refractivity contribution in [3.05, 3.63) is 67.7 Å². The molecule has 0 aromatic carbocycles. The van der Waals surface area contributed by atoms with E-state index < -0.39 is 0 Å². The number of rotatable bonds is 3. The smallest absolute Gasteiger partial charge is 0.277 e. The highest BCUT2D eigenvalue weighted by Crippen LogP contribution is 2.25. The zero-order valence-corrected chi connectivity index (χ0v) is 16.1. The number of fused-ring (bicyclic) bond motifs is 2. The quantitative estimate of drug-likeness (QED) is 0.591. The molecule has 138 valence electrons. The van der Waals surface area contributed by atoms with Gasteiger partial charge in [0.25, 0.3) is 5.56 Å². The van der Waals surface area contributed by atoms with Crippen LogP contribution < -0.4 is 5.56 Å². The molecule has 1 aliphatic rings. The van der Waals surface area contributed by atoms with E-state index >= 15 is 0 Å². The van der Waals surface area contributed by atoms with Crippen LogP contribution in [0.25, 0.3) is 16.9 Å². The summed E-state index contributed by atoms with van der Waals surface area (Å²) in [4.78, 5) is 21.6. The van der Waals surface area contributed by atoms with Crippen LogP contribution in [0.4, 0.5) is 0 Å². The molecule has 7 heteroatoms. The van der Waals surface area contributed by atoms with E-state index in [0.29, 0.717) is 12.2 Å². The lowest BCUT2D eigenvalue weighted by molar-refractivity contribution is 0.243. The predicted octanol–water partition coefficient (Wildman–Crippen LogP) is 3.52. The number of H-pyrrole nitrogens is 1. The molecule has 1 N–H and O–H groups in total. The molecule has 0 saturated carbocycles. The Bertz CT molecular complexity index is 1200. The van der Waals surface area contributed by atoms with Gasteiger partial charge in [0.15, 0.2) is 5.65 Å². The van der Waals surface area contributed by atoms with E-state index in [1.54, 1.807) is 22.1 Å². The first-order valence-corrected chi connectivity index (χ1v) is 9.91. The van der Waals surface area contributed by atoms with E-state index in [9.17, 15) is 4.79 Å². The lowest BCUT2D eigenvalue weighted by Gasteiger charge is -2.27. The van der Waals surface area contributed by atoms with Crippen LogP contribution >= 0.6 is 11.3 Å². The Labute approximate surface area is 160 Å². The first-order valence-electron chi connectivity index (χ1n) is 9.03. The molecule has 6 nitrogen and oxygen atoms in total. The fourth-order valence-electron chi connectivity index (χ4n) is 3.74. The van der Waals surface area contributed by atoms with Crippen LogP contribution in [0.5, 0.6) is 0 Å². The molecule has 27 heavy (non-hydrogen) atoms. The molecule has 0 aliphatic carbocycles. The highest BCUT2D eigenvalue weighted by molar-refractivity contribution is 7.10. The van der Waals surface area contributed by atoms with Crippen molar-refractivity contribution in [1.29, 1.82) is 0 Å². The van der Waals surface area contributed by atoms with Crippen molar-refractivity contribution in [1.82, 2.24) is 19.5 Å². The Hall–Kier alpha value is -2.64. The molecule has 0 bridgehead atoms. The van der Waals surface area contributed by atoms with E-state index in [4.69, 9.17) is 9.40 Å². The van der Waals surface area contributed by atoms with Crippen molar-refractivity contribution in [2.75, 3.05) is 6.54 Å². The second-order valence-corrected chi connectivity index (χ2v) is 8.08. The van der Waals surface area contributed by atoms with Crippen LogP contribution in [-0.2, 0) is 19.5 Å². The third-order valence-corrected chi connectivity index (χ3v) is 6.33. The third-order valence-electron chi connectivity index (χ3n) is 5.32. The van der Waals surface area contributed by atoms with Crippen LogP contribution in [0, 0.1) is 13.8 Å². The number of nitrogens with one attached hydrogen (secondary N) is 1. The fourth-order valence-corrected chi connectivity index (χ4v) is 4.69. The van der Waals surface area contributed by atoms with Gasteiger partial charge in [-0.05, 0) is 36.9 Å². The number of furan rings is 1. The summed E-state index contributed by atoms with van der Waals surface area (Å²) in [6.45, 7) is 6.50. The lowest BCUT2D eigenvalue weighted by atomic mass is 10.1. The highest BCUT2D eigenvalue weighted by Gasteiger charge is 2.23. The van der Waals surface area contributed by atoms with E-state index in [1.807, 2.05) is 19.1 Å². The summed E-state index contributed by atoms with van der Waals surface area (Å²) in [6, 6.07) is 5.97.